The van der Waals surface area contributed by atoms with Gasteiger partial charge in [-0.15, -0.1) is 10.2 Å². The molecular formula is C22H22N4O2. The Balaban J connectivity index is 1.65. The number of aromatic nitrogens is 2. The SMILES string of the molecule is CC(=O)c1cccc(Nc2ccc(C(=O)Nc3ccc(C(C)C)cc3)nn2)c1. The molecule has 0 spiro atoms. The quantitative estimate of drug-likeness (QED) is 0.606. The molecule has 0 radical (unpaired) electrons. The molecule has 6 heteroatoms. The van der Waals surface area contributed by atoms with E-state index in [1.807, 2.05) is 30.3 Å². The first-order chi connectivity index (χ1) is 13.4. The average molecular weight is 374 g/mol. The standard InChI is InChI=1S/C22H22N4O2/c1-14(2)16-7-9-18(10-8-16)24-22(28)20-11-12-21(26-25-20)23-19-6-4-5-17(13-19)15(3)27/h4-14H,1-3H3,(H,23,26)(H,24,28). The first kappa shape index (κ1) is 19.2. The third kappa shape index (κ3) is 4.79. The van der Waals surface area contributed by atoms with Crippen molar-refractivity contribution >= 4 is 28.9 Å². The van der Waals surface area contributed by atoms with Crippen LogP contribution in [0.15, 0.2) is 60.7 Å². The summed E-state index contributed by atoms with van der Waals surface area (Å²) in [6.07, 6.45) is 0. The second-order valence-corrected chi connectivity index (χ2v) is 6.80. The predicted octanol–water partition coefficient (Wildman–Crippen LogP) is 4.80. The Morgan fingerprint density at radius 2 is 1.64 bits per heavy atom. The molecule has 0 aliphatic rings. The average Bonchev–Trinajstić information content (AvgIpc) is 2.69. The summed E-state index contributed by atoms with van der Waals surface area (Å²) < 4.78 is 0. The van der Waals surface area contributed by atoms with Gasteiger partial charge in [-0.25, -0.2) is 0 Å². The third-order valence-electron chi connectivity index (χ3n) is 4.27. The van der Waals surface area contributed by atoms with Crippen LogP contribution in [-0.4, -0.2) is 21.9 Å². The summed E-state index contributed by atoms with van der Waals surface area (Å²) in [6.45, 7) is 5.76. The molecule has 28 heavy (non-hydrogen) atoms. The van der Waals surface area contributed by atoms with E-state index in [0.29, 0.717) is 23.0 Å². The van der Waals surface area contributed by atoms with E-state index >= 15 is 0 Å². The zero-order chi connectivity index (χ0) is 20.1. The molecule has 3 rings (SSSR count). The van der Waals surface area contributed by atoms with Gasteiger partial charge in [0.15, 0.2) is 17.3 Å². The number of benzene rings is 2. The number of Topliss-reactive ketones (excluding diaryl/α,β-unsaturated/α-hetero) is 1. The van der Waals surface area contributed by atoms with Gasteiger partial charge < -0.3 is 10.6 Å². The Hall–Kier alpha value is -3.54. The Kier molecular flexibility index (Phi) is 5.79. The van der Waals surface area contributed by atoms with Gasteiger partial charge in [0.1, 0.15) is 0 Å². The van der Waals surface area contributed by atoms with Gasteiger partial charge in [-0.2, -0.15) is 0 Å². The van der Waals surface area contributed by atoms with Crippen molar-refractivity contribution in [1.29, 1.82) is 0 Å². The second-order valence-electron chi connectivity index (χ2n) is 6.80. The number of carbonyl (C=O) groups excluding carboxylic acids is 2. The molecule has 1 heterocycles. The van der Waals surface area contributed by atoms with Crippen LogP contribution in [0.2, 0.25) is 0 Å². The van der Waals surface area contributed by atoms with Crippen molar-refractivity contribution in [3.63, 3.8) is 0 Å². The number of hydrogen-bond acceptors (Lipinski definition) is 5. The number of nitrogens with zero attached hydrogens (tertiary/aromatic N) is 2. The summed E-state index contributed by atoms with van der Waals surface area (Å²) in [6, 6.07) is 18.1. The number of rotatable bonds is 6. The lowest BCUT2D eigenvalue weighted by Gasteiger charge is -2.09. The fourth-order valence-corrected chi connectivity index (χ4v) is 2.63. The van der Waals surface area contributed by atoms with Crippen molar-refractivity contribution < 1.29 is 9.59 Å². The monoisotopic (exact) mass is 374 g/mol. The van der Waals surface area contributed by atoms with Gasteiger partial charge in [0.05, 0.1) is 0 Å². The summed E-state index contributed by atoms with van der Waals surface area (Å²) in [5.41, 5.74) is 3.47. The highest BCUT2D eigenvalue weighted by molar-refractivity contribution is 6.02. The van der Waals surface area contributed by atoms with E-state index in [0.717, 1.165) is 5.69 Å². The van der Waals surface area contributed by atoms with E-state index in [9.17, 15) is 9.59 Å². The molecule has 2 N–H and O–H groups in total. The van der Waals surface area contributed by atoms with E-state index in [-0.39, 0.29) is 17.4 Å². The number of amides is 1. The maximum atomic E-state index is 12.4. The number of nitrogens with one attached hydrogen (secondary N) is 2. The van der Waals surface area contributed by atoms with Gasteiger partial charge in [0.25, 0.3) is 5.91 Å². The van der Waals surface area contributed by atoms with Crippen molar-refractivity contribution in [3.8, 4) is 0 Å². The fraction of sp³-hybridized carbons (Fsp3) is 0.182. The van der Waals surface area contributed by atoms with Crippen LogP contribution in [0.1, 0.15) is 53.1 Å². The van der Waals surface area contributed by atoms with Gasteiger partial charge in [-0.3, -0.25) is 9.59 Å². The van der Waals surface area contributed by atoms with E-state index < -0.39 is 0 Å². The van der Waals surface area contributed by atoms with Crippen molar-refractivity contribution in [2.75, 3.05) is 10.6 Å². The van der Waals surface area contributed by atoms with Crippen LogP contribution < -0.4 is 10.6 Å². The highest BCUT2D eigenvalue weighted by Crippen LogP contribution is 2.18. The summed E-state index contributed by atoms with van der Waals surface area (Å²) in [5, 5.41) is 13.9. The minimum Gasteiger partial charge on any atom is -0.339 e. The number of carbonyl (C=O) groups is 2. The molecule has 0 saturated carbocycles. The van der Waals surface area contributed by atoms with Gasteiger partial charge in [0.2, 0.25) is 0 Å². The van der Waals surface area contributed by atoms with Crippen LogP contribution in [0.25, 0.3) is 0 Å². The normalized spacial score (nSPS) is 10.6. The van der Waals surface area contributed by atoms with Crippen molar-refractivity contribution in [1.82, 2.24) is 10.2 Å². The molecule has 0 fully saturated rings. The van der Waals surface area contributed by atoms with Crippen LogP contribution in [-0.2, 0) is 0 Å². The largest absolute Gasteiger partial charge is 0.339 e. The predicted molar refractivity (Wildman–Crippen MR) is 110 cm³/mol. The lowest BCUT2D eigenvalue weighted by molar-refractivity contribution is 0.101. The molecule has 3 aromatic rings. The fourth-order valence-electron chi connectivity index (χ4n) is 2.63. The smallest absolute Gasteiger partial charge is 0.276 e. The second kappa shape index (κ2) is 8.43. The molecule has 0 aliphatic carbocycles. The summed E-state index contributed by atoms with van der Waals surface area (Å²) in [4.78, 5) is 23.8. The molecule has 0 aliphatic heterocycles. The molecule has 6 nitrogen and oxygen atoms in total. The molecule has 0 atom stereocenters. The topological polar surface area (TPSA) is 84.0 Å². The van der Waals surface area contributed by atoms with Crippen LogP contribution >= 0.6 is 0 Å². The van der Waals surface area contributed by atoms with Gasteiger partial charge >= 0.3 is 0 Å². The lowest BCUT2D eigenvalue weighted by Crippen LogP contribution is -2.14. The summed E-state index contributed by atoms with van der Waals surface area (Å²) in [5.74, 6) is 0.587. The van der Waals surface area contributed by atoms with Crippen LogP contribution in [0.5, 0.6) is 0 Å². The van der Waals surface area contributed by atoms with Crippen molar-refractivity contribution in [3.05, 3.63) is 77.5 Å². The maximum absolute atomic E-state index is 12.4. The van der Waals surface area contributed by atoms with Crippen LogP contribution in [0.3, 0.4) is 0 Å². The highest BCUT2D eigenvalue weighted by atomic mass is 16.2. The maximum Gasteiger partial charge on any atom is 0.276 e. The molecule has 1 amide bonds. The molecule has 0 saturated heterocycles. The molecule has 142 valence electrons. The number of anilines is 3. The first-order valence-corrected chi connectivity index (χ1v) is 9.05. The molecule has 2 aromatic carbocycles. The Bertz CT molecular complexity index is 980. The first-order valence-electron chi connectivity index (χ1n) is 9.05. The van der Waals surface area contributed by atoms with E-state index in [4.69, 9.17) is 0 Å². The summed E-state index contributed by atoms with van der Waals surface area (Å²) >= 11 is 0. The van der Waals surface area contributed by atoms with Gasteiger partial charge in [-0.1, -0.05) is 38.1 Å². The highest BCUT2D eigenvalue weighted by Gasteiger charge is 2.10. The zero-order valence-corrected chi connectivity index (χ0v) is 16.1. The third-order valence-corrected chi connectivity index (χ3v) is 4.27. The van der Waals surface area contributed by atoms with Crippen molar-refractivity contribution in [2.45, 2.75) is 26.7 Å². The van der Waals surface area contributed by atoms with Crippen LogP contribution in [0, 0.1) is 0 Å². The Labute approximate surface area is 164 Å². The van der Waals surface area contributed by atoms with Crippen LogP contribution in [0.4, 0.5) is 17.2 Å². The molecular weight excluding hydrogens is 352 g/mol. The molecule has 0 bridgehead atoms. The zero-order valence-electron chi connectivity index (χ0n) is 16.1. The van der Waals surface area contributed by atoms with E-state index in [1.54, 1.807) is 30.3 Å². The minimum absolute atomic E-state index is 0.0109. The van der Waals surface area contributed by atoms with Gasteiger partial charge in [-0.05, 0) is 54.8 Å². The molecule has 1 aromatic heterocycles. The number of ketones is 1. The van der Waals surface area contributed by atoms with Crippen molar-refractivity contribution in [2.24, 2.45) is 0 Å². The Morgan fingerprint density at radius 3 is 2.25 bits per heavy atom. The minimum atomic E-state index is -0.324. The molecule has 0 unspecified atom stereocenters. The lowest BCUT2D eigenvalue weighted by atomic mass is 10.0. The van der Waals surface area contributed by atoms with E-state index in [2.05, 4.69) is 34.7 Å². The summed E-state index contributed by atoms with van der Waals surface area (Å²) in [7, 11) is 0. The van der Waals surface area contributed by atoms with Gasteiger partial charge in [0, 0.05) is 16.9 Å². The number of hydrogen-bond donors (Lipinski definition) is 2. The van der Waals surface area contributed by atoms with E-state index in [1.165, 1.54) is 12.5 Å². The Morgan fingerprint density at radius 1 is 0.893 bits per heavy atom.